The van der Waals surface area contributed by atoms with Crippen LogP contribution in [-0.4, -0.2) is 50.5 Å². The first-order valence-electron chi connectivity index (χ1n) is 15.0. The first-order chi connectivity index (χ1) is 20.9. The summed E-state index contributed by atoms with van der Waals surface area (Å²) in [6, 6.07) is 14.7. The number of carbonyl (C=O) groups excluding carboxylic acids is 2. The van der Waals surface area contributed by atoms with Crippen molar-refractivity contribution in [2.45, 2.75) is 70.2 Å². The fourth-order valence-electron chi connectivity index (χ4n) is 6.60. The van der Waals surface area contributed by atoms with E-state index in [0.717, 1.165) is 29.1 Å². The number of Topliss-reactive ketones (excluding diaryl/α,β-unsaturated/α-hetero) is 1. The van der Waals surface area contributed by atoms with E-state index in [-0.39, 0.29) is 30.1 Å². The number of hydrogen-bond donors (Lipinski definition) is 1. The molecule has 7 nitrogen and oxygen atoms in total. The lowest BCUT2D eigenvalue weighted by molar-refractivity contribution is 0.0434. The Morgan fingerprint density at radius 2 is 1.95 bits per heavy atom. The summed E-state index contributed by atoms with van der Waals surface area (Å²) in [5.41, 5.74) is 3.23. The molecule has 0 bridgehead atoms. The number of aromatic nitrogens is 2. The molecule has 43 heavy (non-hydrogen) atoms. The molecule has 1 aliphatic heterocycles. The average Bonchev–Trinajstić information content (AvgIpc) is 3.84. The number of halogens is 1. The SMILES string of the molecule is Cc1csc([C@H]2CCCN2C(=O)c2cc(C(=O)C[C@@H](Cc3ccccc3)[C@H](O)[C@@H]3CC[C@@H](F)C3)cc(-c3ncco3)c2)n1. The minimum Gasteiger partial charge on any atom is -0.445 e. The van der Waals surface area contributed by atoms with Crippen LogP contribution < -0.4 is 0 Å². The highest BCUT2D eigenvalue weighted by molar-refractivity contribution is 7.09. The number of benzene rings is 2. The fraction of sp³-hybridized carbons (Fsp3) is 0.412. The number of oxazole rings is 1. The lowest BCUT2D eigenvalue weighted by Crippen LogP contribution is -2.32. The zero-order valence-corrected chi connectivity index (χ0v) is 25.0. The van der Waals surface area contributed by atoms with Crippen LogP contribution in [0.2, 0.25) is 0 Å². The highest BCUT2D eigenvalue weighted by Crippen LogP contribution is 2.37. The molecule has 4 aromatic rings. The smallest absolute Gasteiger partial charge is 0.254 e. The van der Waals surface area contributed by atoms with Gasteiger partial charge in [0.2, 0.25) is 5.89 Å². The van der Waals surface area contributed by atoms with Crippen LogP contribution in [-0.2, 0) is 6.42 Å². The molecule has 2 aromatic heterocycles. The molecule has 224 valence electrons. The van der Waals surface area contributed by atoms with Crippen LogP contribution in [0.4, 0.5) is 4.39 Å². The second-order valence-corrected chi connectivity index (χ2v) is 12.7. The second-order valence-electron chi connectivity index (χ2n) is 11.9. The van der Waals surface area contributed by atoms with Gasteiger partial charge < -0.3 is 14.4 Å². The van der Waals surface area contributed by atoms with Crippen LogP contribution in [0.15, 0.2) is 70.8 Å². The summed E-state index contributed by atoms with van der Waals surface area (Å²) in [5.74, 6) is -0.623. The number of aliphatic hydroxyl groups excluding tert-OH is 1. The zero-order chi connectivity index (χ0) is 29.9. The van der Waals surface area contributed by atoms with E-state index in [9.17, 15) is 19.1 Å². The third-order valence-electron chi connectivity index (χ3n) is 8.78. The van der Waals surface area contributed by atoms with Crippen molar-refractivity contribution >= 4 is 23.0 Å². The van der Waals surface area contributed by atoms with Gasteiger partial charge in [0.1, 0.15) is 17.4 Å². The van der Waals surface area contributed by atoms with Crippen molar-refractivity contribution in [1.29, 1.82) is 0 Å². The molecule has 1 saturated carbocycles. The highest BCUT2D eigenvalue weighted by atomic mass is 32.1. The maximum absolute atomic E-state index is 14.1. The van der Waals surface area contributed by atoms with E-state index < -0.39 is 18.2 Å². The number of alkyl halides is 1. The van der Waals surface area contributed by atoms with Crippen LogP contribution in [0.3, 0.4) is 0 Å². The summed E-state index contributed by atoms with van der Waals surface area (Å²) in [6.07, 6.45) is 4.89. The lowest BCUT2D eigenvalue weighted by Gasteiger charge is -2.27. The molecular weight excluding hydrogens is 565 g/mol. The Kier molecular flexibility index (Phi) is 8.81. The van der Waals surface area contributed by atoms with Gasteiger partial charge in [0.15, 0.2) is 5.78 Å². The van der Waals surface area contributed by atoms with Crippen LogP contribution in [0, 0.1) is 18.8 Å². The largest absolute Gasteiger partial charge is 0.445 e. The van der Waals surface area contributed by atoms with Crippen molar-refractivity contribution in [3.63, 3.8) is 0 Å². The number of nitrogens with zero attached hydrogens (tertiary/aromatic N) is 3. The third-order valence-corrected chi connectivity index (χ3v) is 9.84. The summed E-state index contributed by atoms with van der Waals surface area (Å²) >= 11 is 1.56. The Bertz CT molecular complexity index is 1560. The summed E-state index contributed by atoms with van der Waals surface area (Å²) < 4.78 is 19.6. The van der Waals surface area contributed by atoms with Gasteiger partial charge in [-0.15, -0.1) is 11.3 Å². The number of carbonyl (C=O) groups is 2. The standard InChI is InChI=1S/C34H36FN3O4S/c1-21-20-43-33(37-21)29-8-5-12-38(29)34(41)27-16-24(15-26(17-27)32-36-11-13-42-32)30(39)19-25(14-22-6-3-2-4-7-22)31(40)23-9-10-28(35)18-23/h2-4,6-7,11,13,15-17,20,23,25,28-29,31,40H,5,8-10,12,14,18-19H2,1H3/t23-,25-,28-,29-,31-/m1/s1. The van der Waals surface area contributed by atoms with E-state index in [2.05, 4.69) is 9.97 Å². The molecule has 9 heteroatoms. The summed E-state index contributed by atoms with van der Waals surface area (Å²) in [7, 11) is 0. The Balaban J connectivity index is 1.30. The van der Waals surface area contributed by atoms with Gasteiger partial charge in [0.05, 0.1) is 18.3 Å². The lowest BCUT2D eigenvalue weighted by atomic mass is 9.81. The van der Waals surface area contributed by atoms with E-state index in [1.54, 1.807) is 29.5 Å². The molecule has 0 spiro atoms. The topological polar surface area (TPSA) is 96.5 Å². The van der Waals surface area contributed by atoms with Crippen molar-refractivity contribution < 1.29 is 23.5 Å². The minimum absolute atomic E-state index is 0.0664. The molecule has 2 fully saturated rings. The molecule has 2 aromatic carbocycles. The first kappa shape index (κ1) is 29.4. The number of aliphatic hydroxyl groups is 1. The van der Waals surface area contributed by atoms with Gasteiger partial charge in [0, 0.05) is 40.7 Å². The quantitative estimate of drug-likeness (QED) is 0.196. The fourth-order valence-corrected chi connectivity index (χ4v) is 7.54. The zero-order valence-electron chi connectivity index (χ0n) is 24.2. The van der Waals surface area contributed by atoms with E-state index in [1.807, 2.05) is 47.5 Å². The molecule has 0 radical (unpaired) electrons. The molecule has 2 aliphatic rings. The van der Waals surface area contributed by atoms with Crippen LogP contribution >= 0.6 is 11.3 Å². The summed E-state index contributed by atoms with van der Waals surface area (Å²) in [6.45, 7) is 2.56. The number of aryl methyl sites for hydroxylation is 1. The maximum atomic E-state index is 14.1. The predicted molar refractivity (Wildman–Crippen MR) is 163 cm³/mol. The molecule has 1 saturated heterocycles. The van der Waals surface area contributed by atoms with Crippen molar-refractivity contribution in [2.24, 2.45) is 11.8 Å². The molecule has 0 unspecified atom stereocenters. The second kappa shape index (κ2) is 12.9. The van der Waals surface area contributed by atoms with Gasteiger partial charge in [-0.3, -0.25) is 9.59 Å². The van der Waals surface area contributed by atoms with Crippen molar-refractivity contribution in [1.82, 2.24) is 14.9 Å². The molecule has 5 atom stereocenters. The van der Waals surface area contributed by atoms with E-state index in [1.165, 1.54) is 12.5 Å². The first-order valence-corrected chi connectivity index (χ1v) is 15.9. The van der Waals surface area contributed by atoms with Gasteiger partial charge in [0.25, 0.3) is 5.91 Å². The number of rotatable bonds is 10. The van der Waals surface area contributed by atoms with Gasteiger partial charge in [-0.1, -0.05) is 30.3 Å². The molecule has 1 amide bonds. The summed E-state index contributed by atoms with van der Waals surface area (Å²) in [4.78, 5) is 38.7. The highest BCUT2D eigenvalue weighted by Gasteiger charge is 2.36. The number of thiazole rings is 1. The Labute approximate surface area is 254 Å². The van der Waals surface area contributed by atoms with E-state index >= 15 is 0 Å². The normalized spacial score (nSPS) is 21.7. The van der Waals surface area contributed by atoms with Gasteiger partial charge in [-0.05, 0) is 81.0 Å². The number of likely N-dealkylation sites (tertiary alicyclic amines) is 1. The van der Waals surface area contributed by atoms with Gasteiger partial charge in [-0.2, -0.15) is 0 Å². The van der Waals surface area contributed by atoms with Crippen LogP contribution in [0.1, 0.15) is 81.5 Å². The minimum atomic E-state index is -0.915. The average molecular weight is 602 g/mol. The van der Waals surface area contributed by atoms with Crippen molar-refractivity contribution in [2.75, 3.05) is 6.54 Å². The Hall–Kier alpha value is -3.69. The predicted octanol–water partition coefficient (Wildman–Crippen LogP) is 7.01. The number of ketones is 1. The molecule has 1 aliphatic carbocycles. The molecule has 1 N–H and O–H groups in total. The number of amides is 1. The van der Waals surface area contributed by atoms with Gasteiger partial charge in [-0.25, -0.2) is 14.4 Å². The van der Waals surface area contributed by atoms with E-state index in [0.29, 0.717) is 54.8 Å². The monoisotopic (exact) mass is 601 g/mol. The third kappa shape index (κ3) is 6.63. The number of hydrogen-bond acceptors (Lipinski definition) is 7. The Morgan fingerprint density at radius 1 is 1.14 bits per heavy atom. The molecule has 6 rings (SSSR count). The molecular formula is C34H36FN3O4S. The van der Waals surface area contributed by atoms with Gasteiger partial charge >= 0.3 is 0 Å². The van der Waals surface area contributed by atoms with Crippen LogP contribution in [0.25, 0.3) is 11.5 Å². The van der Waals surface area contributed by atoms with Crippen LogP contribution in [0.5, 0.6) is 0 Å². The van der Waals surface area contributed by atoms with Crippen molar-refractivity contribution in [3.05, 3.63) is 93.8 Å². The Morgan fingerprint density at radius 3 is 2.65 bits per heavy atom. The summed E-state index contributed by atoms with van der Waals surface area (Å²) in [5, 5.41) is 14.3. The van der Waals surface area contributed by atoms with Crippen molar-refractivity contribution in [3.8, 4) is 11.5 Å². The maximum Gasteiger partial charge on any atom is 0.254 e. The van der Waals surface area contributed by atoms with E-state index in [4.69, 9.17) is 4.42 Å². The molecule has 3 heterocycles.